The number of carbonyl (C=O) groups is 6. The van der Waals surface area contributed by atoms with E-state index < -0.39 is 42.0 Å². The van der Waals surface area contributed by atoms with Gasteiger partial charge in [0.05, 0.1) is 0 Å². The van der Waals surface area contributed by atoms with Crippen molar-refractivity contribution in [3.05, 3.63) is 119 Å². The van der Waals surface area contributed by atoms with E-state index in [2.05, 4.69) is 60.0 Å². The number of allylic oxidation sites excluding steroid dienone is 2. The number of aliphatic carboxylic acids is 4. The zero-order chi connectivity index (χ0) is 50.8. The Morgan fingerprint density at radius 2 is 1.19 bits per heavy atom. The van der Waals surface area contributed by atoms with E-state index >= 15 is 0 Å². The zero-order valence-corrected chi connectivity index (χ0v) is 39.5. The van der Waals surface area contributed by atoms with Gasteiger partial charge in [0.25, 0.3) is 11.8 Å². The fourth-order valence-electron chi connectivity index (χ4n) is 5.83. The Kier molecular flexibility index (Phi) is 29.2. The predicted octanol–water partition coefficient (Wildman–Crippen LogP) is 11.4. The molecule has 1 heterocycles. The molecule has 14 nitrogen and oxygen atoms in total. The summed E-state index contributed by atoms with van der Waals surface area (Å²) in [6, 6.07) is 21.7. The lowest BCUT2D eigenvalue weighted by atomic mass is 9.90. The van der Waals surface area contributed by atoms with Crippen molar-refractivity contribution in [2.45, 2.75) is 130 Å². The maximum Gasteiger partial charge on any atom is 0.586 e. The third-order valence-corrected chi connectivity index (χ3v) is 9.31. The number of hydrogen-bond donors (Lipinski definition) is 6. The molecule has 0 fully saturated rings. The number of ether oxygens (including phenoxy) is 2. The molecule has 68 heavy (non-hydrogen) atoms. The van der Waals surface area contributed by atoms with E-state index in [9.17, 15) is 37.5 Å². The second-order valence-electron chi connectivity index (χ2n) is 16.7. The summed E-state index contributed by atoms with van der Waals surface area (Å²) in [5, 5.41) is 39.0. The third-order valence-electron chi connectivity index (χ3n) is 9.31. The van der Waals surface area contributed by atoms with Crippen molar-refractivity contribution in [3.63, 3.8) is 0 Å². The van der Waals surface area contributed by atoms with Gasteiger partial charge < -0.3 is 40.5 Å². The molecule has 0 saturated carbocycles. The molecule has 372 valence electrons. The third kappa shape index (κ3) is 31.1. The predicted molar refractivity (Wildman–Crippen MR) is 257 cm³/mol. The number of benzene rings is 3. The van der Waals surface area contributed by atoms with Gasteiger partial charge in [-0.25, -0.2) is 4.79 Å². The molecule has 0 aromatic heterocycles. The Balaban J connectivity index is 0.000000481. The van der Waals surface area contributed by atoms with Crippen LogP contribution in [0.25, 0.3) is 12.2 Å². The molecule has 4 rings (SSSR count). The number of amides is 2. The molecule has 1 aliphatic rings. The van der Waals surface area contributed by atoms with Crippen LogP contribution >= 0.6 is 0 Å². The van der Waals surface area contributed by atoms with Gasteiger partial charge in [-0.1, -0.05) is 127 Å². The molecule has 6 N–H and O–H groups in total. The second kappa shape index (κ2) is 33.6. The maximum absolute atomic E-state index is 12.6. The monoisotopic (exact) mass is 950 g/mol. The molecule has 1 aliphatic heterocycles. The van der Waals surface area contributed by atoms with Crippen molar-refractivity contribution < 1.29 is 67.4 Å². The van der Waals surface area contributed by atoms with Gasteiger partial charge in [-0.3, -0.25) is 24.0 Å². The van der Waals surface area contributed by atoms with Crippen molar-refractivity contribution in [2.24, 2.45) is 5.41 Å². The molecule has 0 unspecified atom stereocenters. The minimum absolute atomic E-state index is 0.0333. The van der Waals surface area contributed by atoms with E-state index in [0.717, 1.165) is 37.3 Å². The summed E-state index contributed by atoms with van der Waals surface area (Å²) in [6.07, 6.45) is 17.9. The van der Waals surface area contributed by atoms with Crippen LogP contribution in [0.5, 0.6) is 11.5 Å². The van der Waals surface area contributed by atoms with Crippen molar-refractivity contribution in [2.75, 3.05) is 6.54 Å². The summed E-state index contributed by atoms with van der Waals surface area (Å²) in [7, 11) is 0. The Morgan fingerprint density at radius 1 is 0.647 bits per heavy atom. The fraction of sp³-hybridized carbons (Fsp3) is 0.423. The second-order valence-corrected chi connectivity index (χ2v) is 16.7. The van der Waals surface area contributed by atoms with Crippen LogP contribution in [-0.4, -0.2) is 69.0 Å². The Hall–Kier alpha value is -6.84. The summed E-state index contributed by atoms with van der Waals surface area (Å²) in [5.74, 6) is -4.45. The normalized spacial score (nSPS) is 12.4. The maximum atomic E-state index is 12.6. The van der Waals surface area contributed by atoms with Gasteiger partial charge in [-0.2, -0.15) is 0 Å². The Bertz CT molecular complexity index is 2080. The number of fused-ring (bicyclic) bond motifs is 1. The Labute approximate surface area is 398 Å². The minimum Gasteiger partial charge on any atom is -0.481 e. The van der Waals surface area contributed by atoms with Gasteiger partial charge in [0.2, 0.25) is 0 Å². The summed E-state index contributed by atoms with van der Waals surface area (Å²) < 4.78 is 33.6. The molecular formula is C52H68F2N2O12. The minimum atomic E-state index is -3.66. The number of alkyl halides is 2. The number of unbranched alkanes of at least 4 members (excludes halogenated alkanes) is 7. The number of hydrogen-bond acceptors (Lipinski definition) is 8. The molecule has 0 aliphatic carbocycles. The van der Waals surface area contributed by atoms with Crippen molar-refractivity contribution >= 4 is 47.8 Å². The van der Waals surface area contributed by atoms with E-state index in [0.29, 0.717) is 30.4 Å². The molecule has 0 radical (unpaired) electrons. The van der Waals surface area contributed by atoms with Crippen LogP contribution in [0.4, 0.5) is 8.78 Å². The molecule has 3 aromatic carbocycles. The van der Waals surface area contributed by atoms with Crippen molar-refractivity contribution in [1.29, 1.82) is 0 Å². The first-order valence-electron chi connectivity index (χ1n) is 22.7. The average Bonchev–Trinajstić information content (AvgIpc) is 3.59. The molecule has 0 saturated heterocycles. The highest BCUT2D eigenvalue weighted by atomic mass is 19.3. The number of halogens is 2. The molecular weight excluding hydrogens is 883 g/mol. The van der Waals surface area contributed by atoms with E-state index in [4.69, 9.17) is 20.4 Å². The van der Waals surface area contributed by atoms with E-state index in [-0.39, 0.29) is 35.6 Å². The molecule has 16 heteroatoms. The first-order valence-corrected chi connectivity index (χ1v) is 22.7. The van der Waals surface area contributed by atoms with E-state index in [1.54, 1.807) is 36.4 Å². The fourth-order valence-corrected chi connectivity index (χ4v) is 5.83. The van der Waals surface area contributed by atoms with Crippen LogP contribution in [-0.2, 0) is 24.0 Å². The summed E-state index contributed by atoms with van der Waals surface area (Å²) in [5.41, 5.74) is 2.00. The van der Waals surface area contributed by atoms with Gasteiger partial charge >= 0.3 is 30.2 Å². The van der Waals surface area contributed by atoms with Crippen LogP contribution in [0, 0.1) is 5.41 Å². The SMILES string of the molecule is CC(C)(C)CCCC(=O)O.CCCC/C=C\CCCCCCCC(=O)O.O=C(O)/C=C/c1ccc2c(c1)OC(F)(F)O2.O=C(O)CCCNC(=O)C(=Cc1ccccc1)NC(=O)c1ccccc1. The van der Waals surface area contributed by atoms with Crippen LogP contribution in [0.2, 0.25) is 0 Å². The van der Waals surface area contributed by atoms with Gasteiger partial charge in [-0.05, 0) is 97.9 Å². The van der Waals surface area contributed by atoms with Gasteiger partial charge in [0, 0.05) is 37.4 Å². The molecule has 3 aromatic rings. The molecule has 0 atom stereocenters. The number of carboxylic acids is 4. The first kappa shape index (κ1) is 59.2. The van der Waals surface area contributed by atoms with Gasteiger partial charge in [-0.15, -0.1) is 8.78 Å². The standard InChI is InChI=1S/C20H20N2O4.C14H26O2.C10H6F2O4.C8H16O2/c23-18(24)12-7-13-21-20(26)17(14-15-8-3-1-4-9-15)22-19(25)16-10-5-2-6-11-16;1-2-3-4-5-6-7-8-9-10-11-12-13-14(15)16;11-10(12)15-7-3-1-6(2-4-9(13)14)5-8(7)16-10;1-8(2,3)6-4-5-7(9)10/h1-6,8-11,14H,7,12-13H2,(H,21,26)(H,22,25)(H,23,24);5-6H,2-4,7-13H2,1H3,(H,15,16);1-5H,(H,13,14);4-6H2,1-3H3,(H,9,10)/b;6-5-;4-2+;. The highest BCUT2D eigenvalue weighted by Crippen LogP contribution is 2.41. The largest absolute Gasteiger partial charge is 0.586 e. The number of nitrogens with one attached hydrogen (secondary N) is 2. The quantitative estimate of drug-likeness (QED) is 0.0280. The highest BCUT2D eigenvalue weighted by Gasteiger charge is 2.43. The Morgan fingerprint density at radius 3 is 1.78 bits per heavy atom. The zero-order valence-electron chi connectivity index (χ0n) is 39.5. The molecule has 0 spiro atoms. The number of rotatable bonds is 24. The lowest BCUT2D eigenvalue weighted by Gasteiger charge is -2.16. The summed E-state index contributed by atoms with van der Waals surface area (Å²) in [4.78, 5) is 65.9. The van der Waals surface area contributed by atoms with Crippen LogP contribution in [0.1, 0.15) is 145 Å². The van der Waals surface area contributed by atoms with Crippen LogP contribution in [0.3, 0.4) is 0 Å². The summed E-state index contributed by atoms with van der Waals surface area (Å²) in [6.45, 7) is 8.78. The van der Waals surface area contributed by atoms with Gasteiger partial charge in [0.15, 0.2) is 11.5 Å². The number of carboxylic acid groups (broad SMARTS) is 4. The molecule has 2 amide bonds. The summed E-state index contributed by atoms with van der Waals surface area (Å²) >= 11 is 0. The lowest BCUT2D eigenvalue weighted by molar-refractivity contribution is -0.286. The van der Waals surface area contributed by atoms with Crippen molar-refractivity contribution in [1.82, 2.24) is 10.6 Å². The average molecular weight is 951 g/mol. The smallest absolute Gasteiger partial charge is 0.481 e. The van der Waals surface area contributed by atoms with E-state index in [1.807, 2.05) is 30.3 Å². The first-order chi connectivity index (χ1) is 32.2. The molecule has 0 bridgehead atoms. The highest BCUT2D eigenvalue weighted by molar-refractivity contribution is 6.05. The van der Waals surface area contributed by atoms with Crippen molar-refractivity contribution in [3.8, 4) is 11.5 Å². The van der Waals surface area contributed by atoms with Crippen LogP contribution < -0.4 is 20.1 Å². The van der Waals surface area contributed by atoms with Gasteiger partial charge in [0.1, 0.15) is 5.70 Å². The topological polar surface area (TPSA) is 226 Å². The number of carbonyl (C=O) groups excluding carboxylic acids is 2. The van der Waals surface area contributed by atoms with E-state index in [1.165, 1.54) is 69.2 Å². The van der Waals surface area contributed by atoms with Crippen LogP contribution in [0.15, 0.2) is 103 Å². The lowest BCUT2D eigenvalue weighted by Crippen LogP contribution is -2.35.